The average molecular weight is 398 g/mol. The normalized spacial score (nSPS) is 18.7. The van der Waals surface area contributed by atoms with E-state index in [0.717, 1.165) is 12.8 Å². The average Bonchev–Trinajstić information content (AvgIpc) is 2.87. The van der Waals surface area contributed by atoms with Crippen molar-refractivity contribution < 1.29 is 14.3 Å². The lowest BCUT2D eigenvalue weighted by Gasteiger charge is -2.33. The molecule has 130 valence electrons. The molecular weight excluding hydrogens is 378 g/mol. The van der Waals surface area contributed by atoms with Crippen molar-refractivity contribution in [3.05, 3.63) is 17.0 Å². The maximum atomic E-state index is 12.2. The zero-order valence-electron chi connectivity index (χ0n) is 13.9. The number of likely N-dealkylation sites (tertiary alicyclic amines) is 1. The van der Waals surface area contributed by atoms with E-state index in [9.17, 15) is 4.79 Å². The molecule has 2 aromatic rings. The molecule has 0 aliphatic carbocycles. The molecule has 1 unspecified atom stereocenters. The van der Waals surface area contributed by atoms with Crippen LogP contribution in [-0.2, 0) is 4.74 Å². The fourth-order valence-electron chi connectivity index (χ4n) is 2.53. The van der Waals surface area contributed by atoms with Crippen LogP contribution in [0.15, 0.2) is 17.0 Å². The first kappa shape index (κ1) is 16.9. The van der Waals surface area contributed by atoms with Gasteiger partial charge in [0.25, 0.3) is 0 Å². The first-order valence-electron chi connectivity index (χ1n) is 7.84. The Labute approximate surface area is 148 Å². The number of hydrogen-bond donors (Lipinski definition) is 0. The van der Waals surface area contributed by atoms with Crippen LogP contribution in [0.5, 0.6) is 6.01 Å². The standard InChI is InChI=1S/C15H20BrN5O3/c1-15(2,3)24-14(22)20-8-4-5-10(9-20)23-13-17-7-6-11-18-12(16)19-21(11)13/h6-7,10H,4-5,8-9H2,1-3H3. The molecule has 8 nitrogen and oxygen atoms in total. The van der Waals surface area contributed by atoms with Crippen LogP contribution < -0.4 is 4.74 Å². The van der Waals surface area contributed by atoms with Gasteiger partial charge in [-0.1, -0.05) is 0 Å². The number of halogens is 1. The van der Waals surface area contributed by atoms with Gasteiger partial charge in [0.2, 0.25) is 4.73 Å². The highest BCUT2D eigenvalue weighted by molar-refractivity contribution is 9.10. The number of fused-ring (bicyclic) bond motifs is 1. The minimum Gasteiger partial charge on any atom is -0.458 e. The molecule has 0 bridgehead atoms. The first-order valence-corrected chi connectivity index (χ1v) is 8.63. The highest BCUT2D eigenvalue weighted by Gasteiger charge is 2.29. The molecule has 0 radical (unpaired) electrons. The van der Waals surface area contributed by atoms with E-state index in [1.54, 1.807) is 17.2 Å². The van der Waals surface area contributed by atoms with Gasteiger partial charge in [0.15, 0.2) is 5.65 Å². The van der Waals surface area contributed by atoms with Gasteiger partial charge < -0.3 is 14.4 Å². The molecule has 0 aromatic carbocycles. The number of amides is 1. The van der Waals surface area contributed by atoms with Crippen LogP contribution in [0.4, 0.5) is 4.79 Å². The number of piperidine rings is 1. The van der Waals surface area contributed by atoms with Gasteiger partial charge in [-0.3, -0.25) is 0 Å². The maximum absolute atomic E-state index is 12.2. The van der Waals surface area contributed by atoms with Crippen LogP contribution in [0.1, 0.15) is 33.6 Å². The van der Waals surface area contributed by atoms with Gasteiger partial charge >= 0.3 is 12.1 Å². The molecule has 1 saturated heterocycles. The summed E-state index contributed by atoms with van der Waals surface area (Å²) in [6.45, 7) is 6.70. The van der Waals surface area contributed by atoms with E-state index in [1.807, 2.05) is 20.8 Å². The predicted octanol–water partition coefficient (Wildman–Crippen LogP) is 2.67. The lowest BCUT2D eigenvalue weighted by Crippen LogP contribution is -2.46. The van der Waals surface area contributed by atoms with Gasteiger partial charge in [0.1, 0.15) is 11.7 Å². The Hall–Kier alpha value is -1.90. The molecule has 3 heterocycles. The van der Waals surface area contributed by atoms with Crippen molar-refractivity contribution in [2.24, 2.45) is 0 Å². The molecule has 3 rings (SSSR count). The summed E-state index contributed by atoms with van der Waals surface area (Å²) in [5.41, 5.74) is 0.136. The second kappa shape index (κ2) is 6.54. The van der Waals surface area contributed by atoms with Gasteiger partial charge in [0, 0.05) is 18.8 Å². The fraction of sp³-hybridized carbons (Fsp3) is 0.600. The molecule has 1 aliphatic rings. The van der Waals surface area contributed by atoms with Gasteiger partial charge in [-0.05, 0) is 49.5 Å². The molecule has 24 heavy (non-hydrogen) atoms. The van der Waals surface area contributed by atoms with Crippen LogP contribution in [0.2, 0.25) is 0 Å². The van der Waals surface area contributed by atoms with Crippen molar-refractivity contribution in [2.75, 3.05) is 13.1 Å². The van der Waals surface area contributed by atoms with Gasteiger partial charge in [-0.25, -0.2) is 14.8 Å². The summed E-state index contributed by atoms with van der Waals surface area (Å²) >= 11 is 3.24. The lowest BCUT2D eigenvalue weighted by molar-refractivity contribution is 0.00630. The Morgan fingerprint density at radius 2 is 2.21 bits per heavy atom. The summed E-state index contributed by atoms with van der Waals surface area (Å²) in [4.78, 5) is 22.3. The van der Waals surface area contributed by atoms with E-state index in [1.165, 1.54) is 4.52 Å². The summed E-state index contributed by atoms with van der Waals surface area (Å²) in [6, 6.07) is 2.11. The van der Waals surface area contributed by atoms with E-state index in [4.69, 9.17) is 9.47 Å². The van der Waals surface area contributed by atoms with E-state index in [-0.39, 0.29) is 12.2 Å². The Kier molecular flexibility index (Phi) is 4.62. The Morgan fingerprint density at radius 1 is 1.42 bits per heavy atom. The highest BCUT2D eigenvalue weighted by Crippen LogP contribution is 2.20. The fourth-order valence-corrected chi connectivity index (χ4v) is 2.87. The second-order valence-electron chi connectivity index (χ2n) is 6.69. The summed E-state index contributed by atoms with van der Waals surface area (Å²) in [7, 11) is 0. The van der Waals surface area contributed by atoms with Crippen molar-refractivity contribution in [2.45, 2.75) is 45.3 Å². The van der Waals surface area contributed by atoms with E-state index in [0.29, 0.717) is 29.5 Å². The molecule has 9 heteroatoms. The Morgan fingerprint density at radius 3 is 2.96 bits per heavy atom. The van der Waals surface area contributed by atoms with Crippen molar-refractivity contribution in [3.8, 4) is 6.01 Å². The largest absolute Gasteiger partial charge is 0.458 e. The summed E-state index contributed by atoms with van der Waals surface area (Å²) in [5, 5.41) is 4.21. The van der Waals surface area contributed by atoms with Gasteiger partial charge in [0.05, 0.1) is 6.54 Å². The Balaban J connectivity index is 1.70. The van der Waals surface area contributed by atoms with Gasteiger partial charge in [-0.15, -0.1) is 5.10 Å². The number of carbonyl (C=O) groups is 1. The zero-order valence-corrected chi connectivity index (χ0v) is 15.5. The van der Waals surface area contributed by atoms with Crippen molar-refractivity contribution in [3.63, 3.8) is 0 Å². The molecule has 1 aliphatic heterocycles. The number of carbonyl (C=O) groups excluding carboxylic acids is 1. The SMILES string of the molecule is CC(C)(C)OC(=O)N1CCCC(Oc2nccc3nc(Br)nn23)C1. The molecule has 0 spiro atoms. The number of ether oxygens (including phenoxy) is 2. The molecule has 0 saturated carbocycles. The smallest absolute Gasteiger partial charge is 0.410 e. The third-order valence-corrected chi connectivity index (χ3v) is 3.83. The number of nitrogens with zero attached hydrogens (tertiary/aromatic N) is 5. The minimum atomic E-state index is -0.509. The summed E-state index contributed by atoms with van der Waals surface area (Å²) in [6.07, 6.45) is 2.84. The molecule has 0 N–H and O–H groups in total. The van der Waals surface area contributed by atoms with Gasteiger partial charge in [-0.2, -0.15) is 4.52 Å². The number of hydrogen-bond acceptors (Lipinski definition) is 6. The van der Waals surface area contributed by atoms with Crippen LogP contribution in [-0.4, -0.2) is 55.4 Å². The first-order chi connectivity index (χ1) is 11.3. The molecule has 1 amide bonds. The molecule has 2 aromatic heterocycles. The van der Waals surface area contributed by atoms with Crippen LogP contribution in [0.25, 0.3) is 5.65 Å². The van der Waals surface area contributed by atoms with Crippen molar-refractivity contribution >= 4 is 27.7 Å². The predicted molar refractivity (Wildman–Crippen MR) is 89.9 cm³/mol. The molecule has 1 fully saturated rings. The third kappa shape index (κ3) is 3.95. The zero-order chi connectivity index (χ0) is 17.3. The topological polar surface area (TPSA) is 81.8 Å². The van der Waals surface area contributed by atoms with E-state index in [2.05, 4.69) is 31.0 Å². The van der Waals surface area contributed by atoms with Crippen LogP contribution in [0.3, 0.4) is 0 Å². The summed E-state index contributed by atoms with van der Waals surface area (Å²) in [5.74, 6) is 0. The van der Waals surface area contributed by atoms with Crippen molar-refractivity contribution in [1.29, 1.82) is 0 Å². The van der Waals surface area contributed by atoms with Crippen LogP contribution >= 0.6 is 15.9 Å². The third-order valence-electron chi connectivity index (χ3n) is 3.50. The van der Waals surface area contributed by atoms with Crippen LogP contribution in [0, 0.1) is 0 Å². The van der Waals surface area contributed by atoms with Crippen molar-refractivity contribution in [1.82, 2.24) is 24.5 Å². The number of rotatable bonds is 2. The quantitative estimate of drug-likeness (QED) is 0.774. The van der Waals surface area contributed by atoms with E-state index >= 15 is 0 Å². The summed E-state index contributed by atoms with van der Waals surface area (Å²) < 4.78 is 13.4. The highest BCUT2D eigenvalue weighted by atomic mass is 79.9. The lowest BCUT2D eigenvalue weighted by atomic mass is 10.1. The molecule has 1 atom stereocenters. The van der Waals surface area contributed by atoms with E-state index < -0.39 is 5.60 Å². The monoisotopic (exact) mass is 397 g/mol. The molecular formula is C15H20BrN5O3. The number of aromatic nitrogens is 4. The maximum Gasteiger partial charge on any atom is 0.410 e. The minimum absolute atomic E-state index is 0.160. The second-order valence-corrected chi connectivity index (χ2v) is 7.40. The Bertz CT molecular complexity index is 742.